The minimum Gasteiger partial charge on any atom is -0.497 e. The van der Waals surface area contributed by atoms with Crippen LogP contribution >= 0.6 is 0 Å². The largest absolute Gasteiger partial charge is 0.497 e. The first-order valence-corrected chi connectivity index (χ1v) is 7.71. The fourth-order valence-corrected chi connectivity index (χ4v) is 2.94. The van der Waals surface area contributed by atoms with E-state index in [9.17, 15) is 9.59 Å². The number of carbonyl (C=O) groups is 1. The highest BCUT2D eigenvalue weighted by atomic mass is 16.5. The molecule has 1 aromatic heterocycles. The monoisotopic (exact) mass is 325 g/mol. The lowest BCUT2D eigenvalue weighted by Crippen LogP contribution is -2.17. The zero-order valence-corrected chi connectivity index (χ0v) is 14.0. The van der Waals surface area contributed by atoms with Crippen molar-refractivity contribution in [3.8, 4) is 5.75 Å². The van der Waals surface area contributed by atoms with Gasteiger partial charge < -0.3 is 14.0 Å². The van der Waals surface area contributed by atoms with Crippen LogP contribution < -0.4 is 10.3 Å². The maximum absolute atomic E-state index is 12.7. The highest BCUT2D eigenvalue weighted by molar-refractivity contribution is 6.06. The molecule has 2 aromatic carbocycles. The van der Waals surface area contributed by atoms with Gasteiger partial charge in [-0.1, -0.05) is 12.1 Å². The summed E-state index contributed by atoms with van der Waals surface area (Å²) < 4.78 is 11.5. The summed E-state index contributed by atoms with van der Waals surface area (Å²) >= 11 is 0. The zero-order valence-electron chi connectivity index (χ0n) is 14.0. The fraction of sp³-hybridized carbons (Fsp3) is 0.263. The predicted molar refractivity (Wildman–Crippen MR) is 93.6 cm³/mol. The molecule has 0 amide bonds. The van der Waals surface area contributed by atoms with Gasteiger partial charge in [0.15, 0.2) is 0 Å². The molecule has 0 saturated heterocycles. The van der Waals surface area contributed by atoms with Crippen molar-refractivity contribution in [1.82, 2.24) is 4.57 Å². The number of aromatic nitrogens is 1. The second-order valence-corrected chi connectivity index (χ2v) is 5.70. The van der Waals surface area contributed by atoms with Gasteiger partial charge in [-0.05, 0) is 41.6 Å². The molecule has 5 nitrogen and oxygen atoms in total. The van der Waals surface area contributed by atoms with E-state index < -0.39 is 0 Å². The average molecular weight is 325 g/mol. The number of pyridine rings is 1. The van der Waals surface area contributed by atoms with Crippen molar-refractivity contribution in [3.05, 3.63) is 52.3 Å². The molecule has 0 bridgehead atoms. The molecule has 124 valence electrons. The molecule has 0 unspecified atom stereocenters. The molecule has 0 saturated carbocycles. The molecule has 0 atom stereocenters. The topological polar surface area (TPSA) is 57.5 Å². The lowest BCUT2D eigenvalue weighted by Gasteiger charge is -2.11. The Morgan fingerprint density at radius 3 is 2.50 bits per heavy atom. The third-order valence-electron chi connectivity index (χ3n) is 4.32. The van der Waals surface area contributed by atoms with Gasteiger partial charge in [0, 0.05) is 18.9 Å². The van der Waals surface area contributed by atoms with Crippen LogP contribution in [0.2, 0.25) is 0 Å². The first-order chi connectivity index (χ1) is 11.5. The predicted octanol–water partition coefficient (Wildman–Crippen LogP) is 2.81. The second kappa shape index (κ2) is 6.35. The summed E-state index contributed by atoms with van der Waals surface area (Å²) in [4.78, 5) is 24.0. The Labute approximate surface area is 139 Å². The first-order valence-electron chi connectivity index (χ1n) is 7.71. The molecule has 0 spiro atoms. The fourth-order valence-electron chi connectivity index (χ4n) is 2.94. The number of rotatable bonds is 4. The van der Waals surface area contributed by atoms with Crippen molar-refractivity contribution in [2.24, 2.45) is 7.05 Å². The number of aryl methyl sites for hydroxylation is 2. The summed E-state index contributed by atoms with van der Waals surface area (Å²) in [6.07, 6.45) is 0.901. The van der Waals surface area contributed by atoms with E-state index in [2.05, 4.69) is 4.74 Å². The summed E-state index contributed by atoms with van der Waals surface area (Å²) in [7, 11) is 4.72. The lowest BCUT2D eigenvalue weighted by molar-refractivity contribution is -0.140. The number of nitrogens with zero attached hydrogens (tertiary/aromatic N) is 1. The van der Waals surface area contributed by atoms with E-state index in [4.69, 9.17) is 4.74 Å². The first kappa shape index (κ1) is 16.1. The number of hydrogen-bond acceptors (Lipinski definition) is 4. The van der Waals surface area contributed by atoms with Crippen LogP contribution in [0.1, 0.15) is 12.0 Å². The van der Waals surface area contributed by atoms with E-state index in [-0.39, 0.29) is 11.5 Å². The Bertz CT molecular complexity index is 988. The molecule has 24 heavy (non-hydrogen) atoms. The molecule has 0 radical (unpaired) electrons. The number of fused-ring (bicyclic) bond motifs is 3. The maximum Gasteiger partial charge on any atom is 0.305 e. The van der Waals surface area contributed by atoms with Crippen LogP contribution in [0.4, 0.5) is 0 Å². The second-order valence-electron chi connectivity index (χ2n) is 5.70. The van der Waals surface area contributed by atoms with Gasteiger partial charge in [-0.2, -0.15) is 0 Å². The Hall–Kier alpha value is -2.82. The van der Waals surface area contributed by atoms with Crippen LogP contribution in [0, 0.1) is 0 Å². The van der Waals surface area contributed by atoms with Crippen LogP contribution in [0.5, 0.6) is 5.75 Å². The molecule has 0 fully saturated rings. The minimum atomic E-state index is -0.241. The number of ether oxygens (including phenoxy) is 2. The lowest BCUT2D eigenvalue weighted by atomic mass is 10.0. The number of methoxy groups -OCH3 is 2. The Kier molecular flexibility index (Phi) is 4.25. The molecule has 3 aromatic rings. The Balaban J connectivity index is 2.17. The van der Waals surface area contributed by atoms with Crippen LogP contribution in [-0.4, -0.2) is 24.8 Å². The summed E-state index contributed by atoms with van der Waals surface area (Å²) in [6.45, 7) is 0. The van der Waals surface area contributed by atoms with Crippen molar-refractivity contribution in [3.63, 3.8) is 0 Å². The number of benzene rings is 2. The smallest absolute Gasteiger partial charge is 0.305 e. The van der Waals surface area contributed by atoms with E-state index in [0.29, 0.717) is 24.0 Å². The third kappa shape index (κ3) is 2.73. The number of hydrogen-bond donors (Lipinski definition) is 0. The molecular formula is C19H19NO4. The van der Waals surface area contributed by atoms with E-state index in [1.807, 2.05) is 30.3 Å². The SMILES string of the molecule is COC(=O)CCc1ccc2c3ccc(OC)cc3c(=O)n(C)c2c1. The summed E-state index contributed by atoms with van der Waals surface area (Å²) in [5, 5.41) is 2.52. The molecule has 5 heteroatoms. The van der Waals surface area contributed by atoms with Gasteiger partial charge in [-0.25, -0.2) is 0 Å². The Morgan fingerprint density at radius 1 is 1.04 bits per heavy atom. The summed E-state index contributed by atoms with van der Waals surface area (Å²) in [6, 6.07) is 11.5. The van der Waals surface area contributed by atoms with Crippen LogP contribution in [0.25, 0.3) is 21.7 Å². The standard InChI is InChI=1S/C19H19NO4/c1-20-17-10-12(5-9-18(21)24-3)4-7-15(17)14-8-6-13(23-2)11-16(14)19(20)22/h4,6-8,10-11H,5,9H2,1-3H3. The van der Waals surface area contributed by atoms with Crippen molar-refractivity contribution in [1.29, 1.82) is 0 Å². The van der Waals surface area contributed by atoms with Gasteiger partial charge >= 0.3 is 5.97 Å². The van der Waals surface area contributed by atoms with E-state index in [0.717, 1.165) is 21.9 Å². The minimum absolute atomic E-state index is 0.0680. The van der Waals surface area contributed by atoms with Crippen molar-refractivity contribution >= 4 is 27.6 Å². The normalized spacial score (nSPS) is 11.0. The van der Waals surface area contributed by atoms with Gasteiger partial charge in [0.25, 0.3) is 5.56 Å². The maximum atomic E-state index is 12.7. The van der Waals surface area contributed by atoms with E-state index >= 15 is 0 Å². The number of esters is 1. The van der Waals surface area contributed by atoms with Gasteiger partial charge in [0.2, 0.25) is 0 Å². The van der Waals surface area contributed by atoms with Crippen LogP contribution in [-0.2, 0) is 23.0 Å². The van der Waals surface area contributed by atoms with Crippen molar-refractivity contribution in [2.75, 3.05) is 14.2 Å². The van der Waals surface area contributed by atoms with E-state index in [1.165, 1.54) is 7.11 Å². The van der Waals surface area contributed by atoms with Gasteiger partial charge in [-0.3, -0.25) is 9.59 Å². The van der Waals surface area contributed by atoms with E-state index in [1.54, 1.807) is 24.8 Å². The van der Waals surface area contributed by atoms with Gasteiger partial charge in [0.1, 0.15) is 5.75 Å². The summed E-state index contributed by atoms with van der Waals surface area (Å²) in [5.74, 6) is 0.420. The Morgan fingerprint density at radius 2 is 1.79 bits per heavy atom. The van der Waals surface area contributed by atoms with Crippen LogP contribution in [0.3, 0.4) is 0 Å². The quantitative estimate of drug-likeness (QED) is 0.547. The summed E-state index contributed by atoms with van der Waals surface area (Å²) in [5.41, 5.74) is 1.78. The average Bonchev–Trinajstić information content (AvgIpc) is 2.63. The molecule has 0 aliphatic heterocycles. The molecule has 1 heterocycles. The molecule has 0 aliphatic rings. The van der Waals surface area contributed by atoms with Crippen molar-refractivity contribution in [2.45, 2.75) is 12.8 Å². The van der Waals surface area contributed by atoms with Gasteiger partial charge in [-0.15, -0.1) is 0 Å². The molecular weight excluding hydrogens is 306 g/mol. The molecule has 0 N–H and O–H groups in total. The van der Waals surface area contributed by atoms with Gasteiger partial charge in [0.05, 0.1) is 25.1 Å². The zero-order chi connectivity index (χ0) is 17.3. The molecule has 3 rings (SSSR count). The third-order valence-corrected chi connectivity index (χ3v) is 4.32. The highest BCUT2D eigenvalue weighted by Crippen LogP contribution is 2.26. The number of carbonyl (C=O) groups excluding carboxylic acids is 1. The van der Waals surface area contributed by atoms with Crippen molar-refractivity contribution < 1.29 is 14.3 Å². The molecule has 0 aliphatic carbocycles. The van der Waals surface area contributed by atoms with Crippen LogP contribution in [0.15, 0.2) is 41.2 Å². The highest BCUT2D eigenvalue weighted by Gasteiger charge is 2.11.